The maximum absolute atomic E-state index is 8.24. The van der Waals surface area contributed by atoms with E-state index in [0.29, 0.717) is 0 Å². The highest BCUT2D eigenvalue weighted by molar-refractivity contribution is 5.52. The molecule has 0 aromatic heterocycles. The lowest BCUT2D eigenvalue weighted by atomic mass is 10.2. The first-order chi connectivity index (χ1) is 5.84. The van der Waals surface area contributed by atoms with Crippen LogP contribution in [0.1, 0.15) is 5.56 Å². The first-order valence-corrected chi connectivity index (χ1v) is 3.71. The minimum absolute atomic E-state index is 1.03. The average molecular weight is 158 g/mol. The standard InChI is InChI=1S/C10H10N2/c1-9-5-2-3-6-10(9)12-8-4-7-11/h2-6,8,12H,1H3. The van der Waals surface area contributed by atoms with Crippen LogP contribution in [0, 0.1) is 18.3 Å². The van der Waals surface area contributed by atoms with E-state index in [2.05, 4.69) is 5.32 Å². The van der Waals surface area contributed by atoms with E-state index in [9.17, 15) is 0 Å². The molecule has 0 saturated heterocycles. The average Bonchev–Trinajstić information content (AvgIpc) is 2.09. The van der Waals surface area contributed by atoms with E-state index in [4.69, 9.17) is 5.26 Å². The number of anilines is 1. The van der Waals surface area contributed by atoms with Crippen LogP contribution in [-0.2, 0) is 0 Å². The van der Waals surface area contributed by atoms with E-state index in [1.165, 1.54) is 11.6 Å². The summed E-state index contributed by atoms with van der Waals surface area (Å²) in [4.78, 5) is 0. The van der Waals surface area contributed by atoms with Crippen LogP contribution in [0.4, 0.5) is 5.69 Å². The normalized spacial score (nSPS) is 9.67. The predicted octanol–water partition coefficient (Wildman–Crippen LogP) is 2.44. The van der Waals surface area contributed by atoms with Gasteiger partial charge in [-0.25, -0.2) is 0 Å². The first-order valence-electron chi connectivity index (χ1n) is 3.71. The summed E-state index contributed by atoms with van der Waals surface area (Å²) in [5, 5.41) is 11.2. The molecular weight excluding hydrogens is 148 g/mol. The summed E-state index contributed by atoms with van der Waals surface area (Å²) < 4.78 is 0. The van der Waals surface area contributed by atoms with Gasteiger partial charge in [-0.2, -0.15) is 5.26 Å². The van der Waals surface area contributed by atoms with Gasteiger partial charge in [0, 0.05) is 18.0 Å². The SMILES string of the molecule is Cc1ccccc1NC=CC#N. The molecule has 1 rings (SSSR count). The van der Waals surface area contributed by atoms with Crippen LogP contribution in [0.15, 0.2) is 36.5 Å². The van der Waals surface area contributed by atoms with Crippen LogP contribution in [0.25, 0.3) is 0 Å². The zero-order valence-corrected chi connectivity index (χ0v) is 6.91. The minimum atomic E-state index is 1.03. The van der Waals surface area contributed by atoms with Crippen molar-refractivity contribution in [1.29, 1.82) is 5.26 Å². The summed E-state index contributed by atoms with van der Waals surface area (Å²) in [6.45, 7) is 2.02. The topological polar surface area (TPSA) is 35.8 Å². The van der Waals surface area contributed by atoms with E-state index in [-0.39, 0.29) is 0 Å². The van der Waals surface area contributed by atoms with Crippen molar-refractivity contribution < 1.29 is 0 Å². The van der Waals surface area contributed by atoms with Crippen LogP contribution in [0.3, 0.4) is 0 Å². The van der Waals surface area contributed by atoms with Crippen molar-refractivity contribution in [3.8, 4) is 6.07 Å². The van der Waals surface area contributed by atoms with Crippen LogP contribution < -0.4 is 5.32 Å². The molecule has 0 aliphatic rings. The molecule has 0 aliphatic heterocycles. The third-order valence-corrected chi connectivity index (χ3v) is 1.54. The molecule has 1 aromatic carbocycles. The van der Waals surface area contributed by atoms with Gasteiger partial charge in [0.15, 0.2) is 0 Å². The number of nitrogens with zero attached hydrogens (tertiary/aromatic N) is 1. The van der Waals surface area contributed by atoms with Gasteiger partial charge in [0.1, 0.15) is 0 Å². The maximum atomic E-state index is 8.24. The van der Waals surface area contributed by atoms with Gasteiger partial charge < -0.3 is 5.32 Å². The van der Waals surface area contributed by atoms with Crippen molar-refractivity contribution in [3.63, 3.8) is 0 Å². The minimum Gasteiger partial charge on any atom is -0.361 e. The van der Waals surface area contributed by atoms with Crippen LogP contribution >= 0.6 is 0 Å². The Hall–Kier alpha value is -1.75. The number of nitrogens with one attached hydrogen (secondary N) is 1. The van der Waals surface area contributed by atoms with Gasteiger partial charge in [-0.3, -0.25) is 0 Å². The number of benzene rings is 1. The number of hydrogen-bond acceptors (Lipinski definition) is 2. The monoisotopic (exact) mass is 158 g/mol. The second kappa shape index (κ2) is 4.20. The van der Waals surface area contributed by atoms with Crippen LogP contribution in [-0.4, -0.2) is 0 Å². The molecule has 0 unspecified atom stereocenters. The molecule has 0 fully saturated rings. The largest absolute Gasteiger partial charge is 0.361 e. The van der Waals surface area contributed by atoms with Gasteiger partial charge in [-0.1, -0.05) is 18.2 Å². The van der Waals surface area contributed by atoms with E-state index in [1.807, 2.05) is 37.3 Å². The molecule has 0 atom stereocenters. The Morgan fingerprint density at radius 1 is 1.42 bits per heavy atom. The summed E-state index contributed by atoms with van der Waals surface area (Å²) in [5.74, 6) is 0. The van der Waals surface area contributed by atoms with Crippen LogP contribution in [0.5, 0.6) is 0 Å². The first kappa shape index (κ1) is 8.35. The molecule has 0 saturated carbocycles. The summed E-state index contributed by atoms with van der Waals surface area (Å²) in [5.41, 5.74) is 2.20. The van der Waals surface area contributed by atoms with Crippen LogP contribution in [0.2, 0.25) is 0 Å². The number of nitriles is 1. The van der Waals surface area contributed by atoms with Crippen molar-refractivity contribution in [1.82, 2.24) is 0 Å². The summed E-state index contributed by atoms with van der Waals surface area (Å²) in [6, 6.07) is 9.83. The Bertz CT molecular complexity index is 321. The summed E-state index contributed by atoms with van der Waals surface area (Å²) in [7, 11) is 0. The second-order valence-corrected chi connectivity index (χ2v) is 2.42. The molecular formula is C10H10N2. The Morgan fingerprint density at radius 3 is 2.83 bits per heavy atom. The van der Waals surface area contributed by atoms with E-state index in [1.54, 1.807) is 6.20 Å². The van der Waals surface area contributed by atoms with Crippen molar-refractivity contribution in [2.45, 2.75) is 6.92 Å². The van der Waals surface area contributed by atoms with E-state index in [0.717, 1.165) is 5.69 Å². The summed E-state index contributed by atoms with van der Waals surface area (Å²) in [6.07, 6.45) is 3.04. The lowest BCUT2D eigenvalue weighted by Crippen LogP contribution is -1.89. The Balaban J connectivity index is 2.71. The van der Waals surface area contributed by atoms with Gasteiger partial charge in [-0.05, 0) is 18.6 Å². The zero-order chi connectivity index (χ0) is 8.81. The second-order valence-electron chi connectivity index (χ2n) is 2.42. The van der Waals surface area contributed by atoms with Crippen molar-refractivity contribution >= 4 is 5.69 Å². The quantitative estimate of drug-likeness (QED) is 0.671. The number of aryl methyl sites for hydroxylation is 1. The molecule has 2 heteroatoms. The van der Waals surface area contributed by atoms with Crippen molar-refractivity contribution in [3.05, 3.63) is 42.1 Å². The fourth-order valence-corrected chi connectivity index (χ4v) is 0.904. The van der Waals surface area contributed by atoms with Gasteiger partial charge in [0.25, 0.3) is 0 Å². The van der Waals surface area contributed by atoms with Gasteiger partial charge >= 0.3 is 0 Å². The van der Waals surface area contributed by atoms with Gasteiger partial charge in [-0.15, -0.1) is 0 Å². The van der Waals surface area contributed by atoms with E-state index >= 15 is 0 Å². The molecule has 0 bridgehead atoms. The number of hydrogen-bond donors (Lipinski definition) is 1. The highest BCUT2D eigenvalue weighted by Gasteiger charge is 1.90. The lowest BCUT2D eigenvalue weighted by Gasteiger charge is -2.02. The number of para-hydroxylation sites is 1. The molecule has 0 heterocycles. The Morgan fingerprint density at radius 2 is 2.17 bits per heavy atom. The summed E-state index contributed by atoms with van der Waals surface area (Å²) >= 11 is 0. The molecule has 0 radical (unpaired) electrons. The molecule has 60 valence electrons. The molecule has 1 N–H and O–H groups in total. The molecule has 0 aliphatic carbocycles. The molecule has 0 amide bonds. The van der Waals surface area contributed by atoms with Gasteiger partial charge in [0.05, 0.1) is 6.07 Å². The van der Waals surface area contributed by atoms with Gasteiger partial charge in [0.2, 0.25) is 0 Å². The molecule has 2 nitrogen and oxygen atoms in total. The maximum Gasteiger partial charge on any atom is 0.0927 e. The fourth-order valence-electron chi connectivity index (χ4n) is 0.904. The smallest absolute Gasteiger partial charge is 0.0927 e. The highest BCUT2D eigenvalue weighted by atomic mass is 14.8. The van der Waals surface area contributed by atoms with Crippen molar-refractivity contribution in [2.24, 2.45) is 0 Å². The van der Waals surface area contributed by atoms with Crippen molar-refractivity contribution in [2.75, 3.05) is 5.32 Å². The molecule has 12 heavy (non-hydrogen) atoms. The predicted molar refractivity (Wildman–Crippen MR) is 49.6 cm³/mol. The number of rotatable bonds is 2. The zero-order valence-electron chi connectivity index (χ0n) is 6.91. The third-order valence-electron chi connectivity index (χ3n) is 1.54. The Kier molecular flexibility index (Phi) is 2.92. The highest BCUT2D eigenvalue weighted by Crippen LogP contribution is 2.12. The molecule has 1 aromatic rings. The third kappa shape index (κ3) is 2.14. The van der Waals surface area contributed by atoms with E-state index < -0.39 is 0 Å². The molecule has 0 spiro atoms. The Labute approximate surface area is 72.1 Å². The number of allylic oxidation sites excluding steroid dienone is 1. The lowest BCUT2D eigenvalue weighted by molar-refractivity contribution is 1.43. The fraction of sp³-hybridized carbons (Fsp3) is 0.100.